The van der Waals surface area contributed by atoms with Crippen LogP contribution in [-0.4, -0.2) is 0 Å². The second-order valence-corrected chi connectivity index (χ2v) is 9.41. The van der Waals surface area contributed by atoms with Gasteiger partial charge in [-0.2, -0.15) is 0 Å². The van der Waals surface area contributed by atoms with Crippen molar-refractivity contribution in [3.8, 4) is 0 Å². The molecule has 0 amide bonds. The zero-order valence-corrected chi connectivity index (χ0v) is 19.7. The first-order chi connectivity index (χ1) is 15.3. The number of rotatable bonds is 5. The van der Waals surface area contributed by atoms with Gasteiger partial charge in [0.1, 0.15) is 0 Å². The summed E-state index contributed by atoms with van der Waals surface area (Å²) < 4.78 is 0. The van der Waals surface area contributed by atoms with E-state index in [1.165, 1.54) is 21.8 Å². The molecule has 2 radical (unpaired) electrons. The molecule has 3 aromatic rings. The fourth-order valence-electron chi connectivity index (χ4n) is 3.63. The Morgan fingerprint density at radius 1 is 0.594 bits per heavy atom. The molecule has 3 heteroatoms. The maximum atomic E-state index is 6.67. The zero-order valence-electron chi connectivity index (χ0n) is 17.7. The summed E-state index contributed by atoms with van der Waals surface area (Å²) in [5.74, 6) is 1.22. The minimum atomic E-state index is -0.633. The smallest absolute Gasteiger partial charge is 0.0489 e. The molecule has 0 aliphatic heterocycles. The number of benzene rings is 3. The molecule has 0 bridgehead atoms. The minimum absolute atomic E-state index is 0. The standard InChI is InChI=1S/C24H21NP.C5H5.Fe/c25-24(19-11-4-1-5-12-19)22-17-10-18-23(22)26(20-13-6-2-7-14-20)21-15-8-3-9-16-21;1-2-4-5-3-1;/h1-18,24H,25H2;1-5H;/t24-;;/m1../s1. The largest absolute Gasteiger partial charge is 0.323 e. The number of allylic oxidation sites excluding steroid dienone is 6. The summed E-state index contributed by atoms with van der Waals surface area (Å²) in [6.07, 6.45) is 16.5. The Bertz CT molecular complexity index is 1020. The van der Waals surface area contributed by atoms with E-state index in [1.807, 2.05) is 36.8 Å². The van der Waals surface area contributed by atoms with Crippen LogP contribution in [0.25, 0.3) is 0 Å². The molecule has 0 saturated heterocycles. The van der Waals surface area contributed by atoms with E-state index in [9.17, 15) is 0 Å². The van der Waals surface area contributed by atoms with Gasteiger partial charge in [0.15, 0.2) is 0 Å². The number of hydrogen-bond acceptors (Lipinski definition) is 1. The van der Waals surface area contributed by atoms with Crippen LogP contribution in [0.3, 0.4) is 0 Å². The van der Waals surface area contributed by atoms with Crippen LogP contribution < -0.4 is 16.3 Å². The van der Waals surface area contributed by atoms with E-state index in [2.05, 4.69) is 103 Å². The molecule has 0 aromatic heterocycles. The normalized spacial score (nSPS) is 15.1. The third kappa shape index (κ3) is 6.06. The van der Waals surface area contributed by atoms with Gasteiger partial charge in [-0.05, 0) is 29.4 Å². The minimum Gasteiger partial charge on any atom is -0.323 e. The van der Waals surface area contributed by atoms with Crippen molar-refractivity contribution < 1.29 is 17.1 Å². The maximum absolute atomic E-state index is 6.67. The van der Waals surface area contributed by atoms with Gasteiger partial charge in [0.2, 0.25) is 0 Å². The molecule has 0 saturated carbocycles. The Hall–Kier alpha value is -2.47. The molecule has 32 heavy (non-hydrogen) atoms. The van der Waals surface area contributed by atoms with E-state index in [0.717, 1.165) is 5.56 Å². The first-order valence-electron chi connectivity index (χ1n) is 10.5. The average Bonchev–Trinajstić information content (AvgIpc) is 3.57. The summed E-state index contributed by atoms with van der Waals surface area (Å²) in [7, 11) is -0.633. The third-order valence-electron chi connectivity index (χ3n) is 5.14. The first kappa shape index (κ1) is 24.2. The van der Waals surface area contributed by atoms with Crippen LogP contribution in [0.4, 0.5) is 0 Å². The van der Waals surface area contributed by atoms with Gasteiger partial charge in [0, 0.05) is 35.4 Å². The summed E-state index contributed by atoms with van der Waals surface area (Å²) in [6.45, 7) is 0. The summed E-state index contributed by atoms with van der Waals surface area (Å²) in [6, 6.07) is 31.8. The van der Waals surface area contributed by atoms with Crippen LogP contribution in [0.5, 0.6) is 0 Å². The molecular weight excluding hydrogens is 449 g/mol. The molecule has 3 aromatic carbocycles. The Balaban J connectivity index is 0.000000427. The van der Waals surface area contributed by atoms with Crippen molar-refractivity contribution in [3.05, 3.63) is 157 Å². The van der Waals surface area contributed by atoms with Crippen LogP contribution in [0.1, 0.15) is 11.6 Å². The maximum Gasteiger partial charge on any atom is 0.0489 e. The molecule has 0 unspecified atom stereocenters. The van der Waals surface area contributed by atoms with Crippen LogP contribution in [0, 0.1) is 12.3 Å². The van der Waals surface area contributed by atoms with E-state index in [-0.39, 0.29) is 23.1 Å². The summed E-state index contributed by atoms with van der Waals surface area (Å²) in [5, 5.41) is 4.04. The predicted octanol–water partition coefficient (Wildman–Crippen LogP) is 6.16. The van der Waals surface area contributed by atoms with E-state index in [0.29, 0.717) is 0 Å². The predicted molar refractivity (Wildman–Crippen MR) is 135 cm³/mol. The van der Waals surface area contributed by atoms with E-state index >= 15 is 0 Å². The van der Waals surface area contributed by atoms with Gasteiger partial charge in [-0.1, -0.05) is 134 Å². The van der Waals surface area contributed by atoms with Gasteiger partial charge in [-0.25, -0.2) is 0 Å². The molecule has 0 spiro atoms. The van der Waals surface area contributed by atoms with Crippen molar-refractivity contribution in [1.29, 1.82) is 0 Å². The monoisotopic (exact) mass is 475 g/mol. The topological polar surface area (TPSA) is 26.0 Å². The van der Waals surface area contributed by atoms with Crippen molar-refractivity contribution in [2.24, 2.45) is 5.73 Å². The Morgan fingerprint density at radius 2 is 1.09 bits per heavy atom. The molecule has 1 nitrogen and oxygen atoms in total. The van der Waals surface area contributed by atoms with Crippen LogP contribution >= 0.6 is 7.92 Å². The fraction of sp³-hybridized carbons (Fsp3) is 0.0345. The van der Waals surface area contributed by atoms with Crippen molar-refractivity contribution in [1.82, 2.24) is 0 Å². The molecule has 5 rings (SSSR count). The summed E-state index contributed by atoms with van der Waals surface area (Å²) in [5.41, 5.74) is 7.81. The van der Waals surface area contributed by atoms with Crippen molar-refractivity contribution >= 4 is 18.5 Å². The fourth-order valence-corrected chi connectivity index (χ4v) is 6.14. The third-order valence-corrected chi connectivity index (χ3v) is 7.66. The second kappa shape index (κ2) is 12.5. The molecule has 0 heterocycles. The van der Waals surface area contributed by atoms with Crippen LogP contribution in [-0.2, 0) is 17.1 Å². The first-order valence-corrected chi connectivity index (χ1v) is 11.8. The molecular formula is C29H26FeNP. The summed E-state index contributed by atoms with van der Waals surface area (Å²) >= 11 is 0. The van der Waals surface area contributed by atoms with Crippen molar-refractivity contribution in [2.75, 3.05) is 0 Å². The molecule has 1 atom stereocenters. The number of nitrogens with two attached hydrogens (primary N) is 1. The van der Waals surface area contributed by atoms with E-state index in [4.69, 9.17) is 5.73 Å². The molecule has 2 aliphatic carbocycles. The van der Waals surface area contributed by atoms with Crippen molar-refractivity contribution in [2.45, 2.75) is 6.04 Å². The Labute approximate surface area is 203 Å². The van der Waals surface area contributed by atoms with Gasteiger partial charge in [0.05, 0.1) is 0 Å². The molecule has 2 N–H and O–H groups in total. The molecule has 160 valence electrons. The zero-order chi connectivity index (χ0) is 21.3. The Kier molecular flexibility index (Phi) is 9.47. The number of hydrogen-bond donors (Lipinski definition) is 1. The summed E-state index contributed by atoms with van der Waals surface area (Å²) in [4.78, 5) is 0. The SMILES string of the molecule is N[C@@H]([C]1C=CC=C1P(c1ccccc1)c1ccccc1)c1ccccc1.[CH]1C=CC=C1.[Fe]. The quantitative estimate of drug-likeness (QED) is 0.347. The second-order valence-electron chi connectivity index (χ2n) is 7.22. The van der Waals surface area contributed by atoms with Crippen molar-refractivity contribution in [3.63, 3.8) is 0 Å². The van der Waals surface area contributed by atoms with Crippen LogP contribution in [0.2, 0.25) is 0 Å². The molecule has 0 fully saturated rings. The molecule has 2 aliphatic rings. The van der Waals surface area contributed by atoms with E-state index in [1.54, 1.807) is 0 Å². The van der Waals surface area contributed by atoms with Crippen LogP contribution in [0.15, 0.2) is 139 Å². The van der Waals surface area contributed by atoms with Gasteiger partial charge in [-0.15, -0.1) is 0 Å². The van der Waals surface area contributed by atoms with Gasteiger partial charge < -0.3 is 5.73 Å². The average molecular weight is 475 g/mol. The van der Waals surface area contributed by atoms with E-state index < -0.39 is 7.92 Å². The van der Waals surface area contributed by atoms with Gasteiger partial charge in [-0.3, -0.25) is 0 Å². The Morgan fingerprint density at radius 3 is 1.56 bits per heavy atom. The van der Waals surface area contributed by atoms with Gasteiger partial charge >= 0.3 is 0 Å². The van der Waals surface area contributed by atoms with Gasteiger partial charge in [0.25, 0.3) is 0 Å².